The van der Waals surface area contributed by atoms with Gasteiger partial charge in [0, 0.05) is 6.54 Å². The van der Waals surface area contributed by atoms with E-state index in [-0.39, 0.29) is 5.48 Å². The van der Waals surface area contributed by atoms with Crippen molar-refractivity contribution < 1.29 is 5.48 Å². The molecule has 1 aliphatic rings. The second-order valence-corrected chi connectivity index (χ2v) is 1.50. The van der Waals surface area contributed by atoms with Crippen LogP contribution in [0.15, 0.2) is 12.3 Å². The Hall–Kier alpha value is -0.500. The highest BCUT2D eigenvalue weighted by atomic mass is 16.0. The summed E-state index contributed by atoms with van der Waals surface area (Å²) >= 11 is 0. The lowest BCUT2D eigenvalue weighted by molar-refractivity contribution is 0.728. The van der Waals surface area contributed by atoms with E-state index in [2.05, 4.69) is 11.4 Å². The Morgan fingerprint density at radius 2 is 2.29 bits per heavy atom. The molecule has 3 N–H and O–H groups in total. The van der Waals surface area contributed by atoms with Crippen molar-refractivity contribution in [1.29, 1.82) is 0 Å². The first-order valence-corrected chi connectivity index (χ1v) is 2.38. The van der Waals surface area contributed by atoms with Crippen molar-refractivity contribution in [3.63, 3.8) is 0 Å². The van der Waals surface area contributed by atoms with Crippen LogP contribution in [0.5, 0.6) is 0 Å². The summed E-state index contributed by atoms with van der Waals surface area (Å²) in [7, 11) is 0. The molecule has 0 unspecified atom stereocenters. The third kappa shape index (κ3) is 2.23. The van der Waals surface area contributed by atoms with Crippen LogP contribution in [0.3, 0.4) is 0 Å². The maximum Gasteiger partial charge on any atom is 0.0144 e. The average molecular weight is 101 g/mol. The summed E-state index contributed by atoms with van der Waals surface area (Å²) in [6, 6.07) is 0. The van der Waals surface area contributed by atoms with Gasteiger partial charge in [0.25, 0.3) is 0 Å². The van der Waals surface area contributed by atoms with Crippen molar-refractivity contribution in [2.75, 3.05) is 6.54 Å². The van der Waals surface area contributed by atoms with Crippen LogP contribution in [0.4, 0.5) is 0 Å². The number of hydrogen-bond donors (Lipinski definition) is 1. The molecule has 0 amide bonds. The minimum absolute atomic E-state index is 0. The van der Waals surface area contributed by atoms with E-state index in [0.717, 1.165) is 6.54 Å². The van der Waals surface area contributed by atoms with Crippen molar-refractivity contribution in [3.8, 4) is 0 Å². The molecule has 7 heavy (non-hydrogen) atoms. The van der Waals surface area contributed by atoms with Gasteiger partial charge in [0.15, 0.2) is 0 Å². The first kappa shape index (κ1) is 6.50. The van der Waals surface area contributed by atoms with Gasteiger partial charge in [-0.15, -0.1) is 0 Å². The highest BCUT2D eigenvalue weighted by Gasteiger charge is 1.84. The molecule has 0 bridgehead atoms. The fourth-order valence-electron chi connectivity index (χ4n) is 0.572. The smallest absolute Gasteiger partial charge is 0.0144 e. The predicted octanol–water partition coefficient (Wildman–Crippen LogP) is 0.0588. The van der Waals surface area contributed by atoms with Gasteiger partial charge in [0.1, 0.15) is 0 Å². The van der Waals surface area contributed by atoms with E-state index in [4.69, 9.17) is 0 Å². The third-order valence-electron chi connectivity index (χ3n) is 0.928. The Balaban J connectivity index is 0.000000360. The summed E-state index contributed by atoms with van der Waals surface area (Å²) < 4.78 is 0. The summed E-state index contributed by atoms with van der Waals surface area (Å²) in [6.07, 6.45) is 6.73. The van der Waals surface area contributed by atoms with E-state index in [1.807, 2.05) is 6.20 Å². The zero-order valence-electron chi connectivity index (χ0n) is 4.28. The van der Waals surface area contributed by atoms with Gasteiger partial charge in [0.2, 0.25) is 0 Å². The van der Waals surface area contributed by atoms with Crippen LogP contribution in [0.25, 0.3) is 0 Å². The number of hydrogen-bond acceptors (Lipinski definition) is 1. The minimum Gasteiger partial charge on any atom is -0.412 e. The maximum atomic E-state index is 3.10. The zero-order valence-corrected chi connectivity index (χ0v) is 4.28. The molecule has 1 rings (SSSR count). The molecule has 2 nitrogen and oxygen atoms in total. The second-order valence-electron chi connectivity index (χ2n) is 1.50. The summed E-state index contributed by atoms with van der Waals surface area (Å²) in [6.45, 7) is 1.16. The normalized spacial score (nSPS) is 17.1. The molecule has 0 atom stereocenters. The quantitative estimate of drug-likeness (QED) is 0.460. The highest BCUT2D eigenvalue weighted by Crippen LogP contribution is 1.91. The van der Waals surface area contributed by atoms with Gasteiger partial charge in [-0.1, -0.05) is 6.08 Å². The predicted molar refractivity (Wildman–Crippen MR) is 30.0 cm³/mol. The van der Waals surface area contributed by atoms with Gasteiger partial charge >= 0.3 is 0 Å². The highest BCUT2D eigenvalue weighted by molar-refractivity contribution is 4.83. The topological polar surface area (TPSA) is 43.5 Å². The largest absolute Gasteiger partial charge is 0.412 e. The Labute approximate surface area is 43.5 Å². The van der Waals surface area contributed by atoms with Gasteiger partial charge in [-0.05, 0) is 19.0 Å². The van der Waals surface area contributed by atoms with E-state index < -0.39 is 0 Å². The van der Waals surface area contributed by atoms with Gasteiger partial charge in [-0.3, -0.25) is 0 Å². The van der Waals surface area contributed by atoms with Crippen LogP contribution < -0.4 is 5.32 Å². The van der Waals surface area contributed by atoms with Crippen LogP contribution in [0.1, 0.15) is 12.8 Å². The molecule has 2 heteroatoms. The molecule has 42 valence electrons. The van der Waals surface area contributed by atoms with Gasteiger partial charge in [-0.25, -0.2) is 0 Å². The van der Waals surface area contributed by atoms with E-state index in [1.54, 1.807) is 0 Å². The minimum atomic E-state index is 0. The molecule has 0 aromatic carbocycles. The maximum absolute atomic E-state index is 3.10. The van der Waals surface area contributed by atoms with Gasteiger partial charge in [-0.2, -0.15) is 0 Å². The van der Waals surface area contributed by atoms with Crippen LogP contribution >= 0.6 is 0 Å². The van der Waals surface area contributed by atoms with E-state index in [9.17, 15) is 0 Å². The molecule has 0 aromatic heterocycles. The number of nitrogens with one attached hydrogen (secondary N) is 1. The third-order valence-corrected chi connectivity index (χ3v) is 0.928. The van der Waals surface area contributed by atoms with Gasteiger partial charge < -0.3 is 10.8 Å². The molecule has 0 aliphatic carbocycles. The van der Waals surface area contributed by atoms with Crippen molar-refractivity contribution in [2.45, 2.75) is 12.8 Å². The lowest BCUT2D eigenvalue weighted by Crippen LogP contribution is -2.09. The molecule has 0 saturated carbocycles. The molecule has 0 radical (unpaired) electrons. The second kappa shape index (κ2) is 3.68. The van der Waals surface area contributed by atoms with Crippen molar-refractivity contribution >= 4 is 0 Å². The SMILES string of the molecule is C1=CNCCC1.O. The fraction of sp³-hybridized carbons (Fsp3) is 0.600. The van der Waals surface area contributed by atoms with Crippen molar-refractivity contribution in [1.82, 2.24) is 5.32 Å². The monoisotopic (exact) mass is 101 g/mol. The van der Waals surface area contributed by atoms with Crippen LogP contribution in [-0.2, 0) is 0 Å². The Bertz CT molecular complexity index is 53.1. The van der Waals surface area contributed by atoms with Gasteiger partial charge in [0.05, 0.1) is 0 Å². The fourth-order valence-corrected chi connectivity index (χ4v) is 0.572. The summed E-state index contributed by atoms with van der Waals surface area (Å²) in [4.78, 5) is 0. The lowest BCUT2D eigenvalue weighted by Gasteiger charge is -2.02. The molecule has 0 fully saturated rings. The Morgan fingerprint density at radius 3 is 2.43 bits per heavy atom. The summed E-state index contributed by atoms with van der Waals surface area (Å²) in [5, 5.41) is 3.10. The summed E-state index contributed by atoms with van der Waals surface area (Å²) in [5.41, 5.74) is 0. The van der Waals surface area contributed by atoms with Crippen LogP contribution in [0.2, 0.25) is 0 Å². The van der Waals surface area contributed by atoms with Crippen LogP contribution in [0, 0.1) is 0 Å². The molecular formula is C5H11NO. The zero-order chi connectivity index (χ0) is 4.24. The molecule has 0 spiro atoms. The first-order valence-electron chi connectivity index (χ1n) is 2.38. The standard InChI is InChI=1S/C5H9N.H2O/c1-2-4-6-5-3-1;/h2,4,6H,1,3,5H2;1H2. The van der Waals surface area contributed by atoms with Crippen molar-refractivity contribution in [3.05, 3.63) is 12.3 Å². The first-order chi connectivity index (χ1) is 3.00. The molecule has 0 saturated heterocycles. The number of allylic oxidation sites excluding steroid dienone is 1. The van der Waals surface area contributed by atoms with E-state index in [1.165, 1.54) is 12.8 Å². The lowest BCUT2D eigenvalue weighted by atomic mass is 10.2. The van der Waals surface area contributed by atoms with Crippen LogP contribution in [-0.4, -0.2) is 12.0 Å². The Kier molecular flexibility index (Phi) is 3.42. The molecule has 1 heterocycles. The van der Waals surface area contributed by atoms with Crippen molar-refractivity contribution in [2.24, 2.45) is 0 Å². The molecule has 1 aliphatic heterocycles. The Morgan fingerprint density at radius 1 is 1.43 bits per heavy atom. The average Bonchev–Trinajstić information content (AvgIpc) is 1.72. The van der Waals surface area contributed by atoms with E-state index >= 15 is 0 Å². The number of rotatable bonds is 0. The molecular weight excluding hydrogens is 90.1 g/mol. The molecule has 0 aromatic rings. The summed E-state index contributed by atoms with van der Waals surface area (Å²) in [5.74, 6) is 0. The van der Waals surface area contributed by atoms with E-state index in [0.29, 0.717) is 0 Å².